The van der Waals surface area contributed by atoms with Crippen LogP contribution in [-0.2, 0) is 0 Å². The lowest BCUT2D eigenvalue weighted by molar-refractivity contribution is -0.0211. The smallest absolute Gasteiger partial charge is 0.231 e. The van der Waals surface area contributed by atoms with Gasteiger partial charge in [0, 0.05) is 35.5 Å². The Balaban J connectivity index is 1.45. The molecule has 2 aromatic carbocycles. The Morgan fingerprint density at radius 2 is 2.00 bits per heavy atom. The van der Waals surface area contributed by atoms with E-state index < -0.39 is 0 Å². The van der Waals surface area contributed by atoms with E-state index in [1.807, 2.05) is 53.7 Å². The number of benzene rings is 2. The molecule has 4 heterocycles. The Morgan fingerprint density at radius 3 is 2.87 bits per heavy atom. The van der Waals surface area contributed by atoms with E-state index in [-0.39, 0.29) is 19.1 Å². The van der Waals surface area contributed by atoms with Crippen molar-refractivity contribution in [3.8, 4) is 23.0 Å². The maximum Gasteiger partial charge on any atom is 0.231 e. The van der Waals surface area contributed by atoms with Gasteiger partial charge in [0.25, 0.3) is 0 Å². The highest BCUT2D eigenvalue weighted by molar-refractivity contribution is 6.02. The number of nitrogens with zero attached hydrogens (tertiary/aromatic N) is 3. The summed E-state index contributed by atoms with van der Waals surface area (Å²) in [6, 6.07) is 15.9. The number of hydrogen-bond acceptors (Lipinski definition) is 7. The molecular formula is C23H19N3O4. The second kappa shape index (κ2) is 6.66. The lowest BCUT2D eigenvalue weighted by atomic mass is 9.95. The average Bonchev–Trinajstić information content (AvgIpc) is 3.45. The van der Waals surface area contributed by atoms with Crippen LogP contribution in [0.2, 0.25) is 0 Å². The third-order valence-electron chi connectivity index (χ3n) is 5.68. The van der Waals surface area contributed by atoms with Gasteiger partial charge in [0.2, 0.25) is 13.0 Å². The molecule has 2 atom stereocenters. The molecule has 0 amide bonds. The minimum atomic E-state index is -0.390. The maximum atomic E-state index is 6.42. The number of ether oxygens (including phenoxy) is 4. The topological polar surface area (TPSA) is 65.4 Å². The third-order valence-corrected chi connectivity index (χ3v) is 5.68. The van der Waals surface area contributed by atoms with Gasteiger partial charge in [-0.3, -0.25) is 4.98 Å². The van der Waals surface area contributed by atoms with Crippen LogP contribution < -0.4 is 18.9 Å². The summed E-state index contributed by atoms with van der Waals surface area (Å²) in [4.78, 5) is 4.27. The van der Waals surface area contributed by atoms with E-state index in [0.717, 1.165) is 51.8 Å². The molecule has 7 heteroatoms. The fraction of sp³-hybridized carbons (Fsp3) is 0.217. The van der Waals surface area contributed by atoms with E-state index in [4.69, 9.17) is 24.0 Å². The summed E-state index contributed by atoms with van der Waals surface area (Å²) >= 11 is 0. The van der Waals surface area contributed by atoms with Crippen LogP contribution in [0.25, 0.3) is 0 Å². The zero-order valence-electron chi connectivity index (χ0n) is 16.3. The van der Waals surface area contributed by atoms with Crippen LogP contribution in [-0.4, -0.2) is 29.6 Å². The molecule has 3 aliphatic heterocycles. The SMILES string of the molecule is COc1cccc2c1O[C@H](c1cccnc1)N1N=C(c3ccc4c(c3)OCO4)C[C@@H]21. The Bertz CT molecular complexity index is 1150. The average molecular weight is 401 g/mol. The van der Waals surface area contributed by atoms with Crippen molar-refractivity contribution in [2.75, 3.05) is 13.9 Å². The molecule has 0 radical (unpaired) electrons. The summed E-state index contributed by atoms with van der Waals surface area (Å²) < 4.78 is 23.0. The molecule has 6 rings (SSSR count). The van der Waals surface area contributed by atoms with Crippen molar-refractivity contribution in [1.29, 1.82) is 0 Å². The monoisotopic (exact) mass is 401 g/mol. The van der Waals surface area contributed by atoms with Crippen LogP contribution in [0.4, 0.5) is 0 Å². The predicted octanol–water partition coefficient (Wildman–Crippen LogP) is 4.06. The number of methoxy groups -OCH3 is 1. The highest BCUT2D eigenvalue weighted by Gasteiger charge is 2.42. The number of aromatic nitrogens is 1. The second-order valence-corrected chi connectivity index (χ2v) is 7.35. The Morgan fingerprint density at radius 1 is 1.07 bits per heavy atom. The standard InChI is InChI=1S/C23H19N3O4/c1-27-20-6-2-5-16-18-11-17(14-7-8-19-21(10-14)29-13-28-19)25-26(18)23(30-22(16)20)15-4-3-9-24-12-15/h2-10,12,18,23H,11,13H2,1H3/t18-,23+/m0/s1. The molecular weight excluding hydrogens is 382 g/mol. The molecule has 0 N–H and O–H groups in total. The molecule has 1 aromatic heterocycles. The normalized spacial score (nSPS) is 20.8. The number of fused-ring (bicyclic) bond motifs is 4. The molecule has 3 aromatic rings. The molecule has 150 valence electrons. The van der Waals surface area contributed by atoms with Gasteiger partial charge in [-0.1, -0.05) is 18.2 Å². The summed E-state index contributed by atoms with van der Waals surface area (Å²) in [5.74, 6) is 3.00. The first-order valence-electron chi connectivity index (χ1n) is 9.81. The fourth-order valence-corrected chi connectivity index (χ4v) is 4.24. The molecule has 0 spiro atoms. The van der Waals surface area contributed by atoms with Crippen molar-refractivity contribution >= 4 is 5.71 Å². The molecule has 3 aliphatic rings. The fourth-order valence-electron chi connectivity index (χ4n) is 4.24. The zero-order chi connectivity index (χ0) is 20.1. The minimum Gasteiger partial charge on any atom is -0.493 e. The zero-order valence-corrected chi connectivity index (χ0v) is 16.3. The van der Waals surface area contributed by atoms with E-state index in [0.29, 0.717) is 0 Å². The molecule has 0 bridgehead atoms. The number of rotatable bonds is 3. The van der Waals surface area contributed by atoms with Gasteiger partial charge in [0.15, 0.2) is 23.0 Å². The van der Waals surface area contributed by atoms with Gasteiger partial charge in [-0.05, 0) is 30.3 Å². The summed E-state index contributed by atoms with van der Waals surface area (Å²) in [6.45, 7) is 0.254. The van der Waals surface area contributed by atoms with Crippen LogP contribution in [0.3, 0.4) is 0 Å². The van der Waals surface area contributed by atoms with Gasteiger partial charge in [0.1, 0.15) is 0 Å². The molecule has 0 unspecified atom stereocenters. The molecule has 0 saturated carbocycles. The second-order valence-electron chi connectivity index (χ2n) is 7.35. The first kappa shape index (κ1) is 17.1. The van der Waals surface area contributed by atoms with Crippen molar-refractivity contribution in [1.82, 2.24) is 9.99 Å². The first-order valence-corrected chi connectivity index (χ1v) is 9.81. The number of para-hydroxylation sites is 1. The lowest BCUT2D eigenvalue weighted by Gasteiger charge is -2.38. The summed E-state index contributed by atoms with van der Waals surface area (Å²) in [7, 11) is 1.66. The maximum absolute atomic E-state index is 6.42. The number of hydrazone groups is 1. The first-order chi connectivity index (χ1) is 14.8. The molecule has 0 fully saturated rings. The van der Waals surface area contributed by atoms with Crippen molar-refractivity contribution in [3.05, 3.63) is 77.6 Å². The van der Waals surface area contributed by atoms with Gasteiger partial charge in [0.05, 0.1) is 18.9 Å². The lowest BCUT2D eigenvalue weighted by Crippen LogP contribution is -2.33. The Kier molecular flexibility index (Phi) is 3.80. The molecule has 0 saturated heterocycles. The highest BCUT2D eigenvalue weighted by atomic mass is 16.7. The van der Waals surface area contributed by atoms with E-state index in [1.54, 1.807) is 13.3 Å². The van der Waals surface area contributed by atoms with Crippen LogP contribution in [0.15, 0.2) is 66.0 Å². The predicted molar refractivity (Wildman–Crippen MR) is 109 cm³/mol. The summed E-state index contributed by atoms with van der Waals surface area (Å²) in [5, 5.41) is 7.00. The van der Waals surface area contributed by atoms with Gasteiger partial charge in [-0.25, -0.2) is 5.01 Å². The van der Waals surface area contributed by atoms with E-state index in [2.05, 4.69) is 11.1 Å². The molecule has 0 aliphatic carbocycles. The quantitative estimate of drug-likeness (QED) is 0.659. The van der Waals surface area contributed by atoms with Crippen LogP contribution >= 0.6 is 0 Å². The highest BCUT2D eigenvalue weighted by Crippen LogP contribution is 2.50. The van der Waals surface area contributed by atoms with Gasteiger partial charge >= 0.3 is 0 Å². The third kappa shape index (κ3) is 2.58. The number of hydrogen-bond donors (Lipinski definition) is 0. The van der Waals surface area contributed by atoms with Crippen molar-refractivity contribution in [2.45, 2.75) is 18.7 Å². The summed E-state index contributed by atoms with van der Waals surface area (Å²) in [6.07, 6.45) is 3.93. The van der Waals surface area contributed by atoms with E-state index in [1.165, 1.54) is 0 Å². The van der Waals surface area contributed by atoms with Gasteiger partial charge in [-0.15, -0.1) is 0 Å². The van der Waals surface area contributed by atoms with Crippen molar-refractivity contribution in [3.63, 3.8) is 0 Å². The van der Waals surface area contributed by atoms with Crippen LogP contribution in [0, 0.1) is 0 Å². The van der Waals surface area contributed by atoms with Gasteiger partial charge in [-0.2, -0.15) is 5.10 Å². The molecule has 7 nitrogen and oxygen atoms in total. The van der Waals surface area contributed by atoms with Crippen LogP contribution in [0.5, 0.6) is 23.0 Å². The Hall–Kier alpha value is -3.74. The molecule has 30 heavy (non-hydrogen) atoms. The van der Waals surface area contributed by atoms with Gasteiger partial charge < -0.3 is 18.9 Å². The van der Waals surface area contributed by atoms with Crippen LogP contribution in [0.1, 0.15) is 35.4 Å². The van der Waals surface area contributed by atoms with Crippen molar-refractivity contribution < 1.29 is 18.9 Å². The van der Waals surface area contributed by atoms with Crippen molar-refractivity contribution in [2.24, 2.45) is 5.10 Å². The Labute approximate surface area is 173 Å². The van der Waals surface area contributed by atoms with E-state index >= 15 is 0 Å². The number of pyridine rings is 1. The largest absolute Gasteiger partial charge is 0.493 e. The minimum absolute atomic E-state index is 0.0366. The van der Waals surface area contributed by atoms with E-state index in [9.17, 15) is 0 Å². The summed E-state index contributed by atoms with van der Waals surface area (Å²) in [5.41, 5.74) is 4.00.